The third kappa shape index (κ3) is 53.4. The van der Waals surface area contributed by atoms with Gasteiger partial charge in [-0.2, -0.15) is 0 Å². The number of carbonyl (C=O) groups excluding carboxylic acids is 3. The second-order valence-electron chi connectivity index (χ2n) is 18.5. The van der Waals surface area contributed by atoms with Crippen molar-refractivity contribution in [1.29, 1.82) is 0 Å². The van der Waals surface area contributed by atoms with Gasteiger partial charge in [-0.1, -0.05) is 254 Å². The summed E-state index contributed by atoms with van der Waals surface area (Å²) in [5.74, 6) is -0.889. The van der Waals surface area contributed by atoms with Gasteiger partial charge in [0.15, 0.2) is 6.10 Å². The molecular formula is C61H104O6. The number of ether oxygens (including phenoxy) is 3. The minimum absolute atomic E-state index is 0.0768. The van der Waals surface area contributed by atoms with Gasteiger partial charge in [0.1, 0.15) is 13.2 Å². The third-order valence-electron chi connectivity index (χ3n) is 11.9. The van der Waals surface area contributed by atoms with E-state index in [1.165, 1.54) is 116 Å². The van der Waals surface area contributed by atoms with Crippen LogP contribution in [0.25, 0.3) is 0 Å². The highest BCUT2D eigenvalue weighted by atomic mass is 16.6. The Balaban J connectivity index is 4.18. The fraction of sp³-hybridized carbons (Fsp3) is 0.721. The lowest BCUT2D eigenvalue weighted by Gasteiger charge is -2.18. The molecule has 0 amide bonds. The van der Waals surface area contributed by atoms with Gasteiger partial charge in [0.25, 0.3) is 0 Å². The molecule has 0 rings (SSSR count). The molecule has 6 nitrogen and oxygen atoms in total. The maximum Gasteiger partial charge on any atom is 0.306 e. The lowest BCUT2D eigenvalue weighted by molar-refractivity contribution is -0.167. The molecule has 6 heteroatoms. The molecule has 0 aromatic carbocycles. The number of rotatable bonds is 50. The fourth-order valence-corrected chi connectivity index (χ4v) is 7.72. The summed E-state index contributed by atoms with van der Waals surface area (Å²) >= 11 is 0. The van der Waals surface area contributed by atoms with Gasteiger partial charge in [0.2, 0.25) is 0 Å². The van der Waals surface area contributed by atoms with Crippen molar-refractivity contribution in [3.8, 4) is 0 Å². The van der Waals surface area contributed by atoms with E-state index in [4.69, 9.17) is 14.2 Å². The molecule has 0 bridgehead atoms. The highest BCUT2D eigenvalue weighted by molar-refractivity contribution is 5.71. The van der Waals surface area contributed by atoms with Crippen LogP contribution in [0, 0.1) is 0 Å². The van der Waals surface area contributed by atoms with E-state index in [1.54, 1.807) is 0 Å². The Bertz CT molecular complexity index is 1300. The van der Waals surface area contributed by atoms with Crippen LogP contribution in [0.5, 0.6) is 0 Å². The van der Waals surface area contributed by atoms with Gasteiger partial charge < -0.3 is 14.2 Å². The molecule has 67 heavy (non-hydrogen) atoms. The molecule has 1 unspecified atom stereocenters. The smallest absolute Gasteiger partial charge is 0.306 e. The van der Waals surface area contributed by atoms with Gasteiger partial charge in [0.05, 0.1) is 0 Å². The standard InChI is InChI=1S/C61H104O6/c1-4-7-10-13-16-19-21-23-24-25-26-27-28-29-30-31-32-33-34-35-36-37-38-39-41-42-45-48-51-54-60(63)66-57-58(56-65-59(62)53-50-47-44-18-15-12-9-6-3)67-61(64)55-52-49-46-43-40-22-20-17-14-11-8-5-2/h7,10,16,19,23-24,26-27,29-30,32-33,35-36,58H,4-6,8-9,11-15,17-18,20-22,25,28,31,34,37-57H2,1-3H3/b10-7-,19-16-,24-23-,27-26-,30-29-,33-32-,36-35-. The second-order valence-corrected chi connectivity index (χ2v) is 18.5. The normalized spacial score (nSPS) is 12.7. The lowest BCUT2D eigenvalue weighted by Crippen LogP contribution is -2.30. The molecule has 0 spiro atoms. The van der Waals surface area contributed by atoms with E-state index in [-0.39, 0.29) is 31.1 Å². The van der Waals surface area contributed by atoms with Gasteiger partial charge in [-0.05, 0) is 77.0 Å². The number of esters is 3. The summed E-state index contributed by atoms with van der Waals surface area (Å²) in [6.07, 6.45) is 71.6. The summed E-state index contributed by atoms with van der Waals surface area (Å²) < 4.78 is 16.8. The Morgan fingerprint density at radius 3 is 0.910 bits per heavy atom. The van der Waals surface area contributed by atoms with Crippen LogP contribution in [0.3, 0.4) is 0 Å². The number of allylic oxidation sites excluding steroid dienone is 14. The number of carbonyl (C=O) groups is 3. The van der Waals surface area contributed by atoms with Gasteiger partial charge in [-0.15, -0.1) is 0 Å². The van der Waals surface area contributed by atoms with Crippen LogP contribution in [0.2, 0.25) is 0 Å². The van der Waals surface area contributed by atoms with E-state index >= 15 is 0 Å². The summed E-state index contributed by atoms with van der Waals surface area (Å²) in [5, 5.41) is 0. The second kappa shape index (κ2) is 55.2. The SMILES string of the molecule is CC/C=C\C/C=C\C/C=C\C/C=C\C/C=C\C/C=C\C/C=C\CCCCCCCCCC(=O)OCC(COC(=O)CCCCCCCCCC)OC(=O)CCCCCCCCCCCCCC. The quantitative estimate of drug-likeness (QED) is 0.0262. The first kappa shape index (κ1) is 63.6. The summed E-state index contributed by atoms with van der Waals surface area (Å²) in [7, 11) is 0. The Labute approximate surface area is 414 Å². The first-order chi connectivity index (χ1) is 33.0. The van der Waals surface area contributed by atoms with Crippen LogP contribution in [0.15, 0.2) is 85.1 Å². The Hall–Kier alpha value is -3.41. The van der Waals surface area contributed by atoms with Crippen molar-refractivity contribution in [3.63, 3.8) is 0 Å². The molecule has 0 radical (unpaired) electrons. The zero-order chi connectivity index (χ0) is 48.6. The molecule has 0 aliphatic rings. The predicted octanol–water partition coefficient (Wildman–Crippen LogP) is 18.8. The number of hydrogen-bond donors (Lipinski definition) is 0. The molecule has 0 saturated heterocycles. The van der Waals surface area contributed by atoms with Crippen molar-refractivity contribution in [2.45, 2.75) is 271 Å². The molecule has 0 aliphatic carbocycles. The van der Waals surface area contributed by atoms with Crippen molar-refractivity contribution in [2.75, 3.05) is 13.2 Å². The predicted molar refractivity (Wildman–Crippen MR) is 288 cm³/mol. The summed E-state index contributed by atoms with van der Waals surface area (Å²) in [4.78, 5) is 37.9. The van der Waals surface area contributed by atoms with Crippen LogP contribution in [-0.4, -0.2) is 37.2 Å². The van der Waals surface area contributed by atoms with Crippen LogP contribution < -0.4 is 0 Å². The van der Waals surface area contributed by atoms with E-state index in [2.05, 4.69) is 106 Å². The molecule has 0 saturated carbocycles. The van der Waals surface area contributed by atoms with Crippen LogP contribution >= 0.6 is 0 Å². The highest BCUT2D eigenvalue weighted by Gasteiger charge is 2.19. The van der Waals surface area contributed by atoms with Crippen molar-refractivity contribution < 1.29 is 28.6 Å². The van der Waals surface area contributed by atoms with Gasteiger partial charge in [-0.3, -0.25) is 14.4 Å². The van der Waals surface area contributed by atoms with E-state index in [0.29, 0.717) is 19.3 Å². The van der Waals surface area contributed by atoms with Crippen molar-refractivity contribution in [2.24, 2.45) is 0 Å². The molecule has 0 aromatic rings. The Morgan fingerprint density at radius 1 is 0.313 bits per heavy atom. The van der Waals surface area contributed by atoms with Crippen LogP contribution in [0.1, 0.15) is 265 Å². The van der Waals surface area contributed by atoms with Crippen molar-refractivity contribution in [1.82, 2.24) is 0 Å². The first-order valence-corrected chi connectivity index (χ1v) is 28.1. The minimum atomic E-state index is -0.775. The molecule has 0 aromatic heterocycles. The van der Waals surface area contributed by atoms with E-state index < -0.39 is 6.10 Å². The molecule has 384 valence electrons. The average molecular weight is 933 g/mol. The third-order valence-corrected chi connectivity index (χ3v) is 11.9. The van der Waals surface area contributed by atoms with Crippen LogP contribution in [-0.2, 0) is 28.6 Å². The summed E-state index contributed by atoms with van der Waals surface area (Å²) in [6.45, 7) is 6.49. The van der Waals surface area contributed by atoms with Gasteiger partial charge >= 0.3 is 17.9 Å². The van der Waals surface area contributed by atoms with Gasteiger partial charge in [-0.25, -0.2) is 0 Å². The van der Waals surface area contributed by atoms with Crippen molar-refractivity contribution in [3.05, 3.63) is 85.1 Å². The monoisotopic (exact) mass is 933 g/mol. The average Bonchev–Trinajstić information content (AvgIpc) is 3.33. The van der Waals surface area contributed by atoms with E-state index in [1.807, 2.05) is 0 Å². The molecular weight excluding hydrogens is 829 g/mol. The fourth-order valence-electron chi connectivity index (χ4n) is 7.72. The number of unbranched alkanes of at least 4 members (excludes halogenated alkanes) is 25. The molecule has 0 fully saturated rings. The Morgan fingerprint density at radius 2 is 0.582 bits per heavy atom. The molecule has 1 atom stereocenters. The molecule has 0 aliphatic heterocycles. The van der Waals surface area contributed by atoms with Gasteiger partial charge in [0, 0.05) is 19.3 Å². The topological polar surface area (TPSA) is 78.9 Å². The van der Waals surface area contributed by atoms with E-state index in [9.17, 15) is 14.4 Å². The maximum absolute atomic E-state index is 12.8. The first-order valence-electron chi connectivity index (χ1n) is 28.1. The zero-order valence-electron chi connectivity index (χ0n) is 43.9. The number of hydrogen-bond acceptors (Lipinski definition) is 6. The molecule has 0 N–H and O–H groups in total. The highest BCUT2D eigenvalue weighted by Crippen LogP contribution is 2.15. The minimum Gasteiger partial charge on any atom is -0.462 e. The largest absolute Gasteiger partial charge is 0.462 e. The zero-order valence-corrected chi connectivity index (χ0v) is 43.9. The summed E-state index contributed by atoms with van der Waals surface area (Å²) in [5.41, 5.74) is 0. The van der Waals surface area contributed by atoms with E-state index in [0.717, 1.165) is 109 Å². The van der Waals surface area contributed by atoms with Crippen LogP contribution in [0.4, 0.5) is 0 Å². The summed E-state index contributed by atoms with van der Waals surface area (Å²) in [6, 6.07) is 0. The van der Waals surface area contributed by atoms with Crippen molar-refractivity contribution >= 4 is 17.9 Å². The maximum atomic E-state index is 12.8. The molecule has 0 heterocycles. The Kier molecular flexibility index (Phi) is 52.4. The lowest BCUT2D eigenvalue weighted by atomic mass is 10.0.